The van der Waals surface area contributed by atoms with Gasteiger partial charge in [-0.2, -0.15) is 0 Å². The van der Waals surface area contributed by atoms with Gasteiger partial charge in [0.2, 0.25) is 0 Å². The van der Waals surface area contributed by atoms with Crippen LogP contribution in [0.5, 0.6) is 0 Å². The fraction of sp³-hybridized carbons (Fsp3) is 0. The van der Waals surface area contributed by atoms with E-state index >= 15 is 0 Å². The van der Waals surface area contributed by atoms with Crippen molar-refractivity contribution in [3.8, 4) is 22.5 Å². The van der Waals surface area contributed by atoms with Gasteiger partial charge in [-0.05, 0) is 42.0 Å². The van der Waals surface area contributed by atoms with Crippen LogP contribution >= 0.6 is 31.9 Å². The predicted molar refractivity (Wildman–Crippen MR) is 109 cm³/mol. The fourth-order valence-corrected chi connectivity index (χ4v) is 3.46. The molecule has 0 saturated carbocycles. The van der Waals surface area contributed by atoms with Gasteiger partial charge in [0.25, 0.3) is 0 Å². The topological polar surface area (TPSA) is 30.2 Å². The summed E-state index contributed by atoms with van der Waals surface area (Å²) in [6, 6.07) is 19.4. The third-order valence-corrected chi connectivity index (χ3v) is 5.19. The molecule has 26 heavy (non-hydrogen) atoms. The van der Waals surface area contributed by atoms with Gasteiger partial charge >= 0.3 is 5.63 Å². The van der Waals surface area contributed by atoms with Gasteiger partial charge in [-0.3, -0.25) is 0 Å². The average molecular weight is 474 g/mol. The lowest BCUT2D eigenvalue weighted by Gasteiger charge is -2.12. The number of benzene rings is 3. The molecule has 0 bridgehead atoms. The molecule has 0 radical (unpaired) electrons. The molecular formula is C21H11Br2FO2. The zero-order chi connectivity index (χ0) is 18.3. The van der Waals surface area contributed by atoms with E-state index in [0.29, 0.717) is 11.1 Å². The number of rotatable bonds is 2. The van der Waals surface area contributed by atoms with E-state index in [4.69, 9.17) is 4.42 Å². The molecule has 4 rings (SSSR count). The van der Waals surface area contributed by atoms with Gasteiger partial charge in [0.05, 0.1) is 5.39 Å². The van der Waals surface area contributed by atoms with E-state index in [0.717, 1.165) is 25.6 Å². The second-order valence-corrected chi connectivity index (χ2v) is 7.63. The van der Waals surface area contributed by atoms with Crippen molar-refractivity contribution in [1.29, 1.82) is 0 Å². The van der Waals surface area contributed by atoms with Crippen LogP contribution in [0.3, 0.4) is 0 Å². The van der Waals surface area contributed by atoms with Crippen molar-refractivity contribution < 1.29 is 8.81 Å². The van der Waals surface area contributed by atoms with Crippen LogP contribution < -0.4 is 5.63 Å². The molecule has 4 aromatic rings. The van der Waals surface area contributed by atoms with Crippen molar-refractivity contribution in [3.05, 3.63) is 91.9 Å². The molecule has 128 valence electrons. The second kappa shape index (κ2) is 6.82. The van der Waals surface area contributed by atoms with Crippen LogP contribution in [0.25, 0.3) is 33.2 Å². The van der Waals surface area contributed by atoms with Gasteiger partial charge in [0, 0.05) is 25.5 Å². The quantitative estimate of drug-likeness (QED) is 0.320. The number of hydrogen-bond acceptors (Lipinski definition) is 2. The monoisotopic (exact) mass is 472 g/mol. The molecule has 0 spiro atoms. The minimum absolute atomic E-state index is 0.226. The average Bonchev–Trinajstić information content (AvgIpc) is 2.64. The van der Waals surface area contributed by atoms with Gasteiger partial charge in [0.15, 0.2) is 0 Å². The number of hydrogen-bond donors (Lipinski definition) is 0. The Balaban J connectivity index is 2.12. The molecule has 0 N–H and O–H groups in total. The summed E-state index contributed by atoms with van der Waals surface area (Å²) in [5.41, 5.74) is 1.86. The highest BCUT2D eigenvalue weighted by Crippen LogP contribution is 2.37. The minimum Gasteiger partial charge on any atom is -0.422 e. The maximum Gasteiger partial charge on any atom is 0.344 e. The summed E-state index contributed by atoms with van der Waals surface area (Å²) in [5.74, 6) is -0.00752. The number of halogens is 3. The highest BCUT2D eigenvalue weighted by molar-refractivity contribution is 9.10. The zero-order valence-corrected chi connectivity index (χ0v) is 16.5. The van der Waals surface area contributed by atoms with Crippen LogP contribution in [0, 0.1) is 5.82 Å². The molecule has 0 saturated heterocycles. The molecular weight excluding hydrogens is 463 g/mol. The van der Waals surface area contributed by atoms with Crippen LogP contribution in [0.2, 0.25) is 0 Å². The van der Waals surface area contributed by atoms with E-state index in [1.54, 1.807) is 6.07 Å². The SMILES string of the molecule is O=c1oc(-c2ccc(Br)cc2)c(-c2ccc(Br)cc2)c2ccc(F)cc12. The van der Waals surface area contributed by atoms with Crippen LogP contribution in [-0.2, 0) is 0 Å². The Bertz CT molecular complexity index is 1160. The van der Waals surface area contributed by atoms with Gasteiger partial charge < -0.3 is 4.42 Å². The largest absolute Gasteiger partial charge is 0.422 e. The summed E-state index contributed by atoms with van der Waals surface area (Å²) in [4.78, 5) is 12.5. The molecule has 1 heterocycles. The molecule has 0 unspecified atom stereocenters. The summed E-state index contributed by atoms with van der Waals surface area (Å²) < 4.78 is 21.2. The van der Waals surface area contributed by atoms with Gasteiger partial charge in [-0.1, -0.05) is 62.2 Å². The van der Waals surface area contributed by atoms with E-state index in [1.807, 2.05) is 48.5 Å². The molecule has 2 nitrogen and oxygen atoms in total. The van der Waals surface area contributed by atoms with Crippen molar-refractivity contribution in [3.63, 3.8) is 0 Å². The smallest absolute Gasteiger partial charge is 0.344 e. The first-order chi connectivity index (χ1) is 12.5. The molecule has 1 aromatic heterocycles. The molecule has 0 fully saturated rings. The van der Waals surface area contributed by atoms with Gasteiger partial charge in [-0.15, -0.1) is 0 Å². The highest BCUT2D eigenvalue weighted by atomic mass is 79.9. The van der Waals surface area contributed by atoms with Crippen LogP contribution in [0.15, 0.2) is 84.9 Å². The Hall–Kier alpha value is -2.24. The highest BCUT2D eigenvalue weighted by Gasteiger charge is 2.17. The molecule has 0 atom stereocenters. The summed E-state index contributed by atoms with van der Waals surface area (Å²) in [5, 5.41) is 0.881. The first-order valence-corrected chi connectivity index (χ1v) is 9.40. The molecule has 5 heteroatoms. The standard InChI is InChI=1S/C21H11Br2FO2/c22-14-5-1-12(2-6-14)19-17-10-9-16(24)11-18(17)21(25)26-20(19)13-3-7-15(23)8-4-13/h1-11H. The maximum absolute atomic E-state index is 13.7. The van der Waals surface area contributed by atoms with E-state index in [-0.39, 0.29) is 5.39 Å². The molecule has 0 aliphatic rings. The van der Waals surface area contributed by atoms with Gasteiger partial charge in [0.1, 0.15) is 11.6 Å². The summed E-state index contributed by atoms with van der Waals surface area (Å²) in [6.07, 6.45) is 0. The van der Waals surface area contributed by atoms with Crippen molar-refractivity contribution in [2.75, 3.05) is 0 Å². The third-order valence-electron chi connectivity index (χ3n) is 4.13. The Kier molecular flexibility index (Phi) is 4.51. The summed E-state index contributed by atoms with van der Waals surface area (Å²) in [7, 11) is 0. The normalized spacial score (nSPS) is 11.0. The Morgan fingerprint density at radius 2 is 1.31 bits per heavy atom. The zero-order valence-electron chi connectivity index (χ0n) is 13.3. The number of fused-ring (bicyclic) bond motifs is 1. The van der Waals surface area contributed by atoms with E-state index in [2.05, 4.69) is 31.9 Å². The maximum atomic E-state index is 13.7. The first kappa shape index (κ1) is 17.2. The molecule has 0 aliphatic carbocycles. The fourth-order valence-electron chi connectivity index (χ4n) is 2.93. The van der Waals surface area contributed by atoms with E-state index < -0.39 is 11.4 Å². The predicted octanol–water partition coefficient (Wildman–Crippen LogP) is 6.79. The van der Waals surface area contributed by atoms with Crippen molar-refractivity contribution >= 4 is 42.6 Å². The lowest BCUT2D eigenvalue weighted by Crippen LogP contribution is -2.03. The minimum atomic E-state index is -0.557. The van der Waals surface area contributed by atoms with Crippen molar-refractivity contribution in [2.45, 2.75) is 0 Å². The van der Waals surface area contributed by atoms with E-state index in [1.165, 1.54) is 12.1 Å². The van der Waals surface area contributed by atoms with Crippen LogP contribution in [0.1, 0.15) is 0 Å². The van der Waals surface area contributed by atoms with Crippen LogP contribution in [0.4, 0.5) is 4.39 Å². The summed E-state index contributed by atoms with van der Waals surface area (Å²) in [6.45, 7) is 0. The van der Waals surface area contributed by atoms with Gasteiger partial charge in [-0.25, -0.2) is 9.18 Å². The lowest BCUT2D eigenvalue weighted by atomic mass is 9.95. The Morgan fingerprint density at radius 1 is 0.731 bits per heavy atom. The van der Waals surface area contributed by atoms with Crippen molar-refractivity contribution in [1.82, 2.24) is 0 Å². The lowest BCUT2D eigenvalue weighted by molar-refractivity contribution is 0.535. The summed E-state index contributed by atoms with van der Waals surface area (Å²) >= 11 is 6.84. The molecule has 0 amide bonds. The second-order valence-electron chi connectivity index (χ2n) is 5.80. The molecule has 3 aromatic carbocycles. The van der Waals surface area contributed by atoms with E-state index in [9.17, 15) is 9.18 Å². The first-order valence-electron chi connectivity index (χ1n) is 7.81. The van der Waals surface area contributed by atoms with Crippen molar-refractivity contribution in [2.24, 2.45) is 0 Å². The van der Waals surface area contributed by atoms with Crippen LogP contribution in [-0.4, -0.2) is 0 Å². The Morgan fingerprint density at radius 3 is 1.92 bits per heavy atom. The Labute approximate surface area is 165 Å². The molecule has 0 aliphatic heterocycles. The third kappa shape index (κ3) is 3.13.